The maximum atomic E-state index is 13.4. The minimum Gasteiger partial charge on any atom is -0.246 e. The maximum Gasteiger partial charge on any atom is 0.243 e. The van der Waals surface area contributed by atoms with Crippen LogP contribution < -0.4 is 0 Å². The van der Waals surface area contributed by atoms with E-state index in [1.165, 1.54) is 22.5 Å². The standard InChI is InChI=1S/C18H17FN4O2S/c1-13-9-16(7-8-17(13)19)26(24,25)22-10-15(11-22)23-12-18(20-21-23)14-5-3-2-4-6-14/h2-9,12,15H,10-11H2,1H3. The Morgan fingerprint density at radius 2 is 1.85 bits per heavy atom. The van der Waals surface area contributed by atoms with Gasteiger partial charge in [0.25, 0.3) is 0 Å². The van der Waals surface area contributed by atoms with Crippen molar-refractivity contribution in [1.29, 1.82) is 0 Å². The van der Waals surface area contributed by atoms with Crippen LogP contribution in [0.1, 0.15) is 11.6 Å². The van der Waals surface area contributed by atoms with Crippen molar-refractivity contribution in [3.63, 3.8) is 0 Å². The number of hydrogen-bond donors (Lipinski definition) is 0. The fourth-order valence-corrected chi connectivity index (χ4v) is 4.50. The molecule has 0 atom stereocenters. The largest absolute Gasteiger partial charge is 0.246 e. The lowest BCUT2D eigenvalue weighted by atomic mass is 10.1. The zero-order chi connectivity index (χ0) is 18.3. The van der Waals surface area contributed by atoms with E-state index in [2.05, 4.69) is 10.3 Å². The highest BCUT2D eigenvalue weighted by atomic mass is 32.2. The minimum atomic E-state index is -3.62. The number of aromatic nitrogens is 3. The SMILES string of the molecule is Cc1cc(S(=O)(=O)N2CC(n3cc(-c4ccccc4)nn3)C2)ccc1F. The van der Waals surface area contributed by atoms with E-state index in [-0.39, 0.29) is 10.9 Å². The first-order valence-corrected chi connectivity index (χ1v) is 9.63. The van der Waals surface area contributed by atoms with Gasteiger partial charge in [0.05, 0.1) is 17.1 Å². The molecule has 0 saturated carbocycles. The van der Waals surface area contributed by atoms with Crippen molar-refractivity contribution in [3.8, 4) is 11.3 Å². The second-order valence-corrected chi connectivity index (χ2v) is 8.27. The quantitative estimate of drug-likeness (QED) is 0.706. The number of nitrogens with zero attached hydrogens (tertiary/aromatic N) is 4. The van der Waals surface area contributed by atoms with Gasteiger partial charge in [-0.25, -0.2) is 17.5 Å². The highest BCUT2D eigenvalue weighted by Crippen LogP contribution is 2.29. The van der Waals surface area contributed by atoms with E-state index in [0.717, 1.165) is 11.3 Å². The van der Waals surface area contributed by atoms with Gasteiger partial charge in [0, 0.05) is 18.7 Å². The summed E-state index contributed by atoms with van der Waals surface area (Å²) in [5.74, 6) is -0.415. The summed E-state index contributed by atoms with van der Waals surface area (Å²) in [4.78, 5) is 0.110. The molecule has 6 nitrogen and oxygen atoms in total. The van der Waals surface area contributed by atoms with Crippen molar-refractivity contribution in [2.75, 3.05) is 13.1 Å². The van der Waals surface area contributed by atoms with Crippen molar-refractivity contribution in [2.45, 2.75) is 17.9 Å². The molecule has 3 aromatic rings. The van der Waals surface area contributed by atoms with Crippen LogP contribution in [0.3, 0.4) is 0 Å². The van der Waals surface area contributed by atoms with Gasteiger partial charge in [-0.15, -0.1) is 5.10 Å². The molecule has 1 fully saturated rings. The Labute approximate surface area is 150 Å². The van der Waals surface area contributed by atoms with E-state index in [9.17, 15) is 12.8 Å². The molecule has 0 bridgehead atoms. The molecule has 0 amide bonds. The normalized spacial score (nSPS) is 15.8. The maximum absolute atomic E-state index is 13.4. The summed E-state index contributed by atoms with van der Waals surface area (Å²) in [5.41, 5.74) is 2.03. The fraction of sp³-hybridized carbons (Fsp3) is 0.222. The summed E-state index contributed by atoms with van der Waals surface area (Å²) in [6.07, 6.45) is 1.83. The number of sulfonamides is 1. The first-order chi connectivity index (χ1) is 12.4. The molecule has 0 aliphatic carbocycles. The Kier molecular flexibility index (Phi) is 4.08. The van der Waals surface area contributed by atoms with E-state index >= 15 is 0 Å². The van der Waals surface area contributed by atoms with Gasteiger partial charge in [-0.1, -0.05) is 35.5 Å². The van der Waals surface area contributed by atoms with Gasteiger partial charge in [0.1, 0.15) is 11.5 Å². The van der Waals surface area contributed by atoms with Crippen molar-refractivity contribution >= 4 is 10.0 Å². The van der Waals surface area contributed by atoms with Gasteiger partial charge in [0.15, 0.2) is 0 Å². The van der Waals surface area contributed by atoms with Gasteiger partial charge >= 0.3 is 0 Å². The molecule has 0 spiro atoms. The van der Waals surface area contributed by atoms with Crippen molar-refractivity contribution < 1.29 is 12.8 Å². The van der Waals surface area contributed by atoms with Gasteiger partial charge in [-0.2, -0.15) is 4.31 Å². The van der Waals surface area contributed by atoms with Crippen LogP contribution in [0.2, 0.25) is 0 Å². The Balaban J connectivity index is 1.48. The summed E-state index contributed by atoms with van der Waals surface area (Å²) in [6.45, 7) is 2.18. The molecule has 26 heavy (non-hydrogen) atoms. The third-order valence-electron chi connectivity index (χ3n) is 4.55. The lowest BCUT2D eigenvalue weighted by Gasteiger charge is -2.37. The number of benzene rings is 2. The van der Waals surface area contributed by atoms with E-state index in [1.807, 2.05) is 36.5 Å². The Morgan fingerprint density at radius 1 is 1.12 bits per heavy atom. The summed E-state index contributed by atoms with van der Waals surface area (Å²) in [7, 11) is -3.62. The number of rotatable bonds is 4. The highest BCUT2D eigenvalue weighted by molar-refractivity contribution is 7.89. The predicted molar refractivity (Wildman–Crippen MR) is 94.4 cm³/mol. The first kappa shape index (κ1) is 16.9. The molecule has 4 rings (SSSR count). The molecule has 2 heterocycles. The summed E-state index contributed by atoms with van der Waals surface area (Å²) < 4.78 is 41.7. The number of hydrogen-bond acceptors (Lipinski definition) is 4. The number of aryl methyl sites for hydroxylation is 1. The van der Waals surface area contributed by atoms with Crippen LogP contribution in [0, 0.1) is 12.7 Å². The lowest BCUT2D eigenvalue weighted by molar-refractivity contribution is 0.189. The topological polar surface area (TPSA) is 68.1 Å². The van der Waals surface area contributed by atoms with Crippen LogP contribution in [0.5, 0.6) is 0 Å². The summed E-state index contributed by atoms with van der Waals surface area (Å²) in [5, 5.41) is 8.28. The van der Waals surface area contributed by atoms with Crippen LogP contribution in [0.25, 0.3) is 11.3 Å². The molecular formula is C18H17FN4O2S. The van der Waals surface area contributed by atoms with Crippen molar-refractivity contribution in [2.24, 2.45) is 0 Å². The third kappa shape index (κ3) is 2.91. The second kappa shape index (κ2) is 6.30. The van der Waals surface area contributed by atoms with Gasteiger partial charge in [0.2, 0.25) is 10.0 Å². The summed E-state index contributed by atoms with van der Waals surface area (Å²) in [6, 6.07) is 13.5. The predicted octanol–water partition coefficient (Wildman–Crippen LogP) is 2.64. The molecule has 0 unspecified atom stereocenters. The minimum absolute atomic E-state index is 0.0590. The molecule has 8 heteroatoms. The molecular weight excluding hydrogens is 355 g/mol. The van der Waals surface area contributed by atoms with Crippen LogP contribution in [0.4, 0.5) is 4.39 Å². The van der Waals surface area contributed by atoms with E-state index < -0.39 is 15.8 Å². The highest BCUT2D eigenvalue weighted by Gasteiger charge is 2.38. The molecule has 1 aromatic heterocycles. The van der Waals surface area contributed by atoms with E-state index in [1.54, 1.807) is 11.6 Å². The second-order valence-electron chi connectivity index (χ2n) is 6.34. The molecule has 1 aliphatic rings. The Hall–Kier alpha value is -2.58. The van der Waals surface area contributed by atoms with Gasteiger partial charge in [-0.05, 0) is 30.7 Å². The van der Waals surface area contributed by atoms with E-state index in [4.69, 9.17) is 0 Å². The van der Waals surface area contributed by atoms with Crippen LogP contribution >= 0.6 is 0 Å². The van der Waals surface area contributed by atoms with Gasteiger partial charge < -0.3 is 0 Å². The van der Waals surface area contributed by atoms with E-state index in [0.29, 0.717) is 18.7 Å². The summed E-state index contributed by atoms with van der Waals surface area (Å²) >= 11 is 0. The van der Waals surface area contributed by atoms with Crippen LogP contribution in [-0.2, 0) is 10.0 Å². The zero-order valence-corrected chi connectivity index (χ0v) is 14.9. The molecule has 0 N–H and O–H groups in total. The van der Waals surface area contributed by atoms with Crippen LogP contribution in [0.15, 0.2) is 59.6 Å². The Bertz CT molecular complexity index is 1040. The number of halogens is 1. The molecule has 134 valence electrons. The average molecular weight is 372 g/mol. The third-order valence-corrected chi connectivity index (χ3v) is 6.38. The first-order valence-electron chi connectivity index (χ1n) is 8.19. The fourth-order valence-electron chi connectivity index (χ4n) is 2.90. The monoisotopic (exact) mass is 372 g/mol. The molecule has 2 aromatic carbocycles. The van der Waals surface area contributed by atoms with Crippen molar-refractivity contribution in [3.05, 3.63) is 66.1 Å². The zero-order valence-electron chi connectivity index (χ0n) is 14.1. The van der Waals surface area contributed by atoms with Gasteiger partial charge in [-0.3, -0.25) is 0 Å². The molecule has 1 aliphatic heterocycles. The van der Waals surface area contributed by atoms with Crippen molar-refractivity contribution in [1.82, 2.24) is 19.3 Å². The molecule has 1 saturated heterocycles. The molecule has 0 radical (unpaired) electrons. The van der Waals surface area contributed by atoms with Crippen LogP contribution in [-0.4, -0.2) is 40.8 Å². The smallest absolute Gasteiger partial charge is 0.243 e. The Morgan fingerprint density at radius 3 is 2.54 bits per heavy atom. The lowest BCUT2D eigenvalue weighted by Crippen LogP contribution is -2.50. The average Bonchev–Trinajstić information content (AvgIpc) is 3.06.